The Balaban J connectivity index is 2.07. The van der Waals surface area contributed by atoms with Gasteiger partial charge in [0.1, 0.15) is 5.88 Å². The highest BCUT2D eigenvalue weighted by atomic mass is 35.5. The van der Waals surface area contributed by atoms with E-state index in [-0.39, 0.29) is 18.8 Å². The van der Waals surface area contributed by atoms with Crippen LogP contribution < -0.4 is 0 Å². The van der Waals surface area contributed by atoms with Crippen LogP contribution in [-0.4, -0.2) is 24.7 Å². The largest absolute Gasteiger partial charge is 0.438 e. The molecule has 14 heavy (non-hydrogen) atoms. The van der Waals surface area contributed by atoms with Crippen LogP contribution >= 0.6 is 11.6 Å². The molecule has 1 saturated carbocycles. The Kier molecular flexibility index (Phi) is 5.96. The Bertz CT molecular complexity index is 165. The van der Waals surface area contributed by atoms with E-state index in [9.17, 15) is 4.79 Å². The van der Waals surface area contributed by atoms with Gasteiger partial charge in [0, 0.05) is 0 Å². The molecule has 0 aliphatic heterocycles. The second kappa shape index (κ2) is 7.07. The molecule has 0 aromatic heterocycles. The van der Waals surface area contributed by atoms with Gasteiger partial charge in [0.2, 0.25) is 0 Å². The van der Waals surface area contributed by atoms with Crippen molar-refractivity contribution in [2.45, 2.75) is 44.6 Å². The summed E-state index contributed by atoms with van der Waals surface area (Å²) in [6.07, 6.45) is 7.45. The average molecular weight is 221 g/mol. The van der Waals surface area contributed by atoms with Crippen molar-refractivity contribution in [3.63, 3.8) is 0 Å². The van der Waals surface area contributed by atoms with E-state index in [1.54, 1.807) is 0 Å². The van der Waals surface area contributed by atoms with Gasteiger partial charge in [-0.15, -0.1) is 11.6 Å². The van der Waals surface area contributed by atoms with Gasteiger partial charge in [0.15, 0.2) is 6.79 Å². The summed E-state index contributed by atoms with van der Waals surface area (Å²) >= 11 is 5.27. The molecular weight excluding hydrogens is 204 g/mol. The van der Waals surface area contributed by atoms with Crippen LogP contribution in [0.25, 0.3) is 0 Å². The van der Waals surface area contributed by atoms with E-state index < -0.39 is 5.97 Å². The fourth-order valence-corrected chi connectivity index (χ4v) is 1.72. The number of ether oxygens (including phenoxy) is 2. The number of hydrogen-bond acceptors (Lipinski definition) is 3. The first-order chi connectivity index (χ1) is 6.83. The molecule has 3 nitrogen and oxygen atoms in total. The first kappa shape index (κ1) is 11.8. The number of carbonyl (C=O) groups excluding carboxylic acids is 1. The summed E-state index contributed by atoms with van der Waals surface area (Å²) in [7, 11) is 0. The van der Waals surface area contributed by atoms with Gasteiger partial charge in [-0.25, -0.2) is 0 Å². The lowest BCUT2D eigenvalue weighted by Gasteiger charge is -2.14. The zero-order valence-electron chi connectivity index (χ0n) is 8.34. The summed E-state index contributed by atoms with van der Waals surface area (Å²) in [5.41, 5.74) is 0. The Labute approximate surface area is 89.7 Å². The molecule has 1 aliphatic rings. The third-order valence-corrected chi connectivity index (χ3v) is 2.65. The lowest BCUT2D eigenvalue weighted by Crippen LogP contribution is -2.17. The highest BCUT2D eigenvalue weighted by Gasteiger charge is 2.12. The first-order valence-electron chi connectivity index (χ1n) is 5.16. The minimum absolute atomic E-state index is 0.0518. The Morgan fingerprint density at radius 2 is 1.86 bits per heavy atom. The van der Waals surface area contributed by atoms with Gasteiger partial charge in [0.05, 0.1) is 6.10 Å². The molecule has 0 bridgehead atoms. The highest BCUT2D eigenvalue weighted by Crippen LogP contribution is 2.19. The van der Waals surface area contributed by atoms with E-state index in [1.807, 2.05) is 0 Å². The van der Waals surface area contributed by atoms with Crippen molar-refractivity contribution >= 4 is 17.6 Å². The zero-order valence-corrected chi connectivity index (χ0v) is 9.09. The first-order valence-corrected chi connectivity index (χ1v) is 5.69. The summed E-state index contributed by atoms with van der Waals surface area (Å²) in [5.74, 6) is -0.520. The lowest BCUT2D eigenvalue weighted by molar-refractivity contribution is -0.158. The van der Waals surface area contributed by atoms with E-state index in [0.717, 1.165) is 12.8 Å². The quantitative estimate of drug-likeness (QED) is 0.316. The maximum absolute atomic E-state index is 10.7. The zero-order chi connectivity index (χ0) is 10.2. The second-order valence-corrected chi connectivity index (χ2v) is 3.82. The van der Waals surface area contributed by atoms with Crippen LogP contribution in [-0.2, 0) is 14.3 Å². The normalized spacial score (nSPS) is 18.9. The molecule has 0 aromatic rings. The Hall–Kier alpha value is -0.280. The minimum Gasteiger partial charge on any atom is -0.438 e. The van der Waals surface area contributed by atoms with E-state index in [1.165, 1.54) is 25.7 Å². The van der Waals surface area contributed by atoms with Gasteiger partial charge < -0.3 is 9.47 Å². The number of esters is 1. The molecule has 0 atom stereocenters. The van der Waals surface area contributed by atoms with E-state index >= 15 is 0 Å². The van der Waals surface area contributed by atoms with Crippen LogP contribution in [0.1, 0.15) is 38.5 Å². The molecule has 82 valence electrons. The second-order valence-electron chi connectivity index (χ2n) is 3.55. The highest BCUT2D eigenvalue weighted by molar-refractivity contribution is 6.26. The van der Waals surface area contributed by atoms with Crippen LogP contribution in [0.5, 0.6) is 0 Å². The Morgan fingerprint density at radius 1 is 1.21 bits per heavy atom. The fraction of sp³-hybridized carbons (Fsp3) is 0.900. The molecule has 1 fully saturated rings. The van der Waals surface area contributed by atoms with Crippen LogP contribution in [0.4, 0.5) is 0 Å². The van der Waals surface area contributed by atoms with Crippen LogP contribution in [0, 0.1) is 0 Å². The maximum Gasteiger partial charge on any atom is 0.322 e. The number of halogens is 1. The molecule has 4 heteroatoms. The third kappa shape index (κ3) is 4.82. The Morgan fingerprint density at radius 3 is 2.43 bits per heavy atom. The fourth-order valence-electron chi connectivity index (χ4n) is 1.64. The molecule has 0 radical (unpaired) electrons. The van der Waals surface area contributed by atoms with Gasteiger partial charge in [0.25, 0.3) is 0 Å². The summed E-state index contributed by atoms with van der Waals surface area (Å²) in [6, 6.07) is 0. The molecule has 1 aliphatic carbocycles. The van der Waals surface area contributed by atoms with Crippen LogP contribution in [0.3, 0.4) is 0 Å². The average Bonchev–Trinajstić information content (AvgIpc) is 2.46. The summed E-state index contributed by atoms with van der Waals surface area (Å²) < 4.78 is 10.2. The summed E-state index contributed by atoms with van der Waals surface area (Å²) in [4.78, 5) is 10.7. The topological polar surface area (TPSA) is 35.5 Å². The summed E-state index contributed by atoms with van der Waals surface area (Å²) in [5, 5.41) is 0. The lowest BCUT2D eigenvalue weighted by atomic mass is 10.2. The van der Waals surface area contributed by atoms with Crippen molar-refractivity contribution in [1.29, 1.82) is 0 Å². The monoisotopic (exact) mass is 220 g/mol. The standard InChI is InChI=1S/C10H17ClO3/c11-7-10(12)14-8-13-9-5-3-1-2-4-6-9/h9H,1-8H2. The molecule has 0 N–H and O–H groups in total. The van der Waals surface area contributed by atoms with Crippen molar-refractivity contribution in [2.24, 2.45) is 0 Å². The summed E-state index contributed by atoms with van der Waals surface area (Å²) in [6.45, 7) is 0.0518. The molecule has 1 rings (SSSR count). The SMILES string of the molecule is O=C(CCl)OCOC1CCCCCC1. The van der Waals surface area contributed by atoms with Gasteiger partial charge in [-0.2, -0.15) is 0 Å². The van der Waals surface area contributed by atoms with E-state index in [4.69, 9.17) is 21.1 Å². The van der Waals surface area contributed by atoms with Crippen LogP contribution in [0.15, 0.2) is 0 Å². The van der Waals surface area contributed by atoms with Gasteiger partial charge in [-0.3, -0.25) is 4.79 Å². The van der Waals surface area contributed by atoms with Crippen molar-refractivity contribution < 1.29 is 14.3 Å². The van der Waals surface area contributed by atoms with E-state index in [0.29, 0.717) is 0 Å². The van der Waals surface area contributed by atoms with E-state index in [2.05, 4.69) is 0 Å². The smallest absolute Gasteiger partial charge is 0.322 e. The number of carbonyl (C=O) groups is 1. The van der Waals surface area contributed by atoms with Gasteiger partial charge in [-0.1, -0.05) is 25.7 Å². The van der Waals surface area contributed by atoms with Gasteiger partial charge in [-0.05, 0) is 12.8 Å². The molecule has 0 heterocycles. The number of alkyl halides is 1. The maximum atomic E-state index is 10.7. The van der Waals surface area contributed by atoms with Gasteiger partial charge >= 0.3 is 5.97 Å². The third-order valence-electron chi connectivity index (χ3n) is 2.43. The molecule has 0 amide bonds. The van der Waals surface area contributed by atoms with Crippen molar-refractivity contribution in [3.8, 4) is 0 Å². The molecule has 0 saturated heterocycles. The van der Waals surface area contributed by atoms with Crippen molar-refractivity contribution in [1.82, 2.24) is 0 Å². The van der Waals surface area contributed by atoms with Crippen LogP contribution in [0.2, 0.25) is 0 Å². The molecule has 0 unspecified atom stereocenters. The number of hydrogen-bond donors (Lipinski definition) is 0. The van der Waals surface area contributed by atoms with Crippen molar-refractivity contribution in [3.05, 3.63) is 0 Å². The number of rotatable bonds is 4. The predicted molar refractivity (Wildman–Crippen MR) is 54.3 cm³/mol. The molecule has 0 aromatic carbocycles. The van der Waals surface area contributed by atoms with Crippen molar-refractivity contribution in [2.75, 3.05) is 12.7 Å². The predicted octanol–water partition coefficient (Wildman–Crippen LogP) is 2.47. The molecular formula is C10H17ClO3. The minimum atomic E-state index is -0.416. The molecule has 0 spiro atoms.